The van der Waals surface area contributed by atoms with Gasteiger partial charge in [-0.2, -0.15) is 5.26 Å². The maximum atomic E-state index is 12.7. The van der Waals surface area contributed by atoms with Gasteiger partial charge in [-0.1, -0.05) is 25.0 Å². The molecule has 106 valence electrons. The van der Waals surface area contributed by atoms with E-state index < -0.39 is 0 Å². The van der Waals surface area contributed by atoms with Gasteiger partial charge >= 0.3 is 0 Å². The highest BCUT2D eigenvalue weighted by Gasteiger charge is 2.28. The lowest BCUT2D eigenvalue weighted by Crippen LogP contribution is -2.39. The number of hydrogen-bond acceptors (Lipinski definition) is 3. The van der Waals surface area contributed by atoms with E-state index in [2.05, 4.69) is 6.07 Å². The van der Waals surface area contributed by atoms with E-state index in [1.807, 2.05) is 19.1 Å². The maximum Gasteiger partial charge on any atom is 0.258 e. The van der Waals surface area contributed by atoms with Crippen molar-refractivity contribution in [2.24, 2.45) is 0 Å². The summed E-state index contributed by atoms with van der Waals surface area (Å²) in [6.45, 7) is 2.56. The molecule has 0 N–H and O–H groups in total. The van der Waals surface area contributed by atoms with Crippen molar-refractivity contribution in [2.45, 2.75) is 38.6 Å². The molecule has 0 aliphatic heterocycles. The van der Waals surface area contributed by atoms with Gasteiger partial charge in [-0.15, -0.1) is 0 Å². The average Bonchev–Trinajstić information content (AvgIpc) is 2.99. The summed E-state index contributed by atoms with van der Waals surface area (Å²) in [4.78, 5) is 14.4. The molecule has 4 nitrogen and oxygen atoms in total. The molecule has 0 aromatic heterocycles. The Hall–Kier alpha value is -2.02. The number of nitriles is 1. The Balaban J connectivity index is 2.25. The van der Waals surface area contributed by atoms with E-state index in [9.17, 15) is 4.79 Å². The molecular weight excluding hydrogens is 252 g/mol. The maximum absolute atomic E-state index is 12.7. The Bertz CT molecular complexity index is 501. The van der Waals surface area contributed by atoms with Gasteiger partial charge in [-0.25, -0.2) is 0 Å². The molecule has 4 heteroatoms. The third-order valence-corrected chi connectivity index (χ3v) is 3.68. The summed E-state index contributed by atoms with van der Waals surface area (Å²) in [6, 6.07) is 9.56. The van der Waals surface area contributed by atoms with Crippen LogP contribution in [0.5, 0.6) is 5.75 Å². The van der Waals surface area contributed by atoms with Gasteiger partial charge < -0.3 is 9.64 Å². The zero-order chi connectivity index (χ0) is 14.4. The average molecular weight is 272 g/mol. The zero-order valence-corrected chi connectivity index (χ0v) is 11.8. The number of para-hydroxylation sites is 1. The minimum Gasteiger partial charge on any atom is -0.493 e. The molecule has 1 aromatic rings. The van der Waals surface area contributed by atoms with Crippen LogP contribution in [0.2, 0.25) is 0 Å². The lowest BCUT2D eigenvalue weighted by Gasteiger charge is -2.27. The molecular formula is C16H20N2O2. The number of rotatable bonds is 5. The lowest BCUT2D eigenvalue weighted by molar-refractivity contribution is 0.0705. The second kappa shape index (κ2) is 6.95. The summed E-state index contributed by atoms with van der Waals surface area (Å²) in [5.41, 5.74) is 0.552. The van der Waals surface area contributed by atoms with Crippen LogP contribution in [0, 0.1) is 11.3 Å². The van der Waals surface area contributed by atoms with E-state index in [4.69, 9.17) is 10.00 Å². The Morgan fingerprint density at radius 3 is 2.75 bits per heavy atom. The molecule has 0 unspecified atom stereocenters. The van der Waals surface area contributed by atoms with Crippen LogP contribution in [0.4, 0.5) is 0 Å². The normalized spacial score (nSPS) is 14.8. The molecule has 1 aliphatic rings. The molecule has 0 saturated heterocycles. The molecule has 20 heavy (non-hydrogen) atoms. The fourth-order valence-electron chi connectivity index (χ4n) is 2.74. The standard InChI is InChI=1S/C16H20N2O2/c1-2-20-15-10-6-5-9-14(15)16(19)18(12-11-17)13-7-3-4-8-13/h5-6,9-10,13H,2-4,7-8,12H2,1H3. The van der Waals surface area contributed by atoms with E-state index in [1.54, 1.807) is 17.0 Å². The van der Waals surface area contributed by atoms with Gasteiger partial charge in [0.05, 0.1) is 18.2 Å². The molecule has 0 spiro atoms. The van der Waals surface area contributed by atoms with Crippen LogP contribution in [0.1, 0.15) is 43.0 Å². The SMILES string of the molecule is CCOc1ccccc1C(=O)N(CC#N)C1CCCC1. The number of hydrogen-bond donors (Lipinski definition) is 0. The fourth-order valence-corrected chi connectivity index (χ4v) is 2.74. The second-order valence-corrected chi connectivity index (χ2v) is 4.96. The summed E-state index contributed by atoms with van der Waals surface area (Å²) in [7, 11) is 0. The van der Waals surface area contributed by atoms with Crippen molar-refractivity contribution in [2.75, 3.05) is 13.2 Å². The highest BCUT2D eigenvalue weighted by Crippen LogP contribution is 2.27. The van der Waals surface area contributed by atoms with E-state index in [0.29, 0.717) is 17.9 Å². The number of carbonyl (C=O) groups excluding carboxylic acids is 1. The molecule has 1 saturated carbocycles. The minimum absolute atomic E-state index is 0.0949. The van der Waals surface area contributed by atoms with E-state index >= 15 is 0 Å². The molecule has 1 aliphatic carbocycles. The smallest absolute Gasteiger partial charge is 0.258 e. The summed E-state index contributed by atoms with van der Waals surface area (Å²) in [5, 5.41) is 8.99. The van der Waals surface area contributed by atoms with Crippen molar-refractivity contribution < 1.29 is 9.53 Å². The third kappa shape index (κ3) is 3.11. The van der Waals surface area contributed by atoms with Crippen molar-refractivity contribution in [3.05, 3.63) is 29.8 Å². The van der Waals surface area contributed by atoms with E-state index in [-0.39, 0.29) is 18.5 Å². The highest BCUT2D eigenvalue weighted by molar-refractivity contribution is 5.97. The Kier molecular flexibility index (Phi) is 5.00. The van der Waals surface area contributed by atoms with Crippen molar-refractivity contribution in [1.29, 1.82) is 5.26 Å². The third-order valence-electron chi connectivity index (χ3n) is 3.68. The van der Waals surface area contributed by atoms with Gasteiger partial charge in [0.1, 0.15) is 12.3 Å². The summed E-state index contributed by atoms with van der Waals surface area (Å²) in [5.74, 6) is 0.503. The van der Waals surface area contributed by atoms with Crippen LogP contribution in [0.3, 0.4) is 0 Å². The number of carbonyl (C=O) groups is 1. The number of amides is 1. The van der Waals surface area contributed by atoms with Crippen molar-refractivity contribution in [1.82, 2.24) is 4.90 Å². The van der Waals surface area contributed by atoms with Crippen LogP contribution < -0.4 is 4.74 Å². The second-order valence-electron chi connectivity index (χ2n) is 4.96. The largest absolute Gasteiger partial charge is 0.493 e. The van der Waals surface area contributed by atoms with E-state index in [0.717, 1.165) is 25.7 Å². The Morgan fingerprint density at radius 2 is 2.10 bits per heavy atom. The van der Waals surface area contributed by atoms with E-state index in [1.165, 1.54) is 0 Å². The number of benzene rings is 1. The predicted octanol–water partition coefficient (Wildman–Crippen LogP) is 2.99. The number of ether oxygens (including phenoxy) is 1. The van der Waals surface area contributed by atoms with Gasteiger partial charge in [0, 0.05) is 6.04 Å². The van der Waals surface area contributed by atoms with Crippen LogP contribution in [0.15, 0.2) is 24.3 Å². The number of nitrogens with zero attached hydrogens (tertiary/aromatic N) is 2. The first kappa shape index (κ1) is 14.4. The lowest BCUT2D eigenvalue weighted by atomic mass is 10.1. The highest BCUT2D eigenvalue weighted by atomic mass is 16.5. The Morgan fingerprint density at radius 1 is 1.40 bits per heavy atom. The molecule has 1 aromatic carbocycles. The van der Waals surface area contributed by atoms with Gasteiger partial charge in [0.2, 0.25) is 0 Å². The van der Waals surface area contributed by atoms with Gasteiger partial charge in [0.15, 0.2) is 0 Å². The van der Waals surface area contributed by atoms with Crippen molar-refractivity contribution >= 4 is 5.91 Å². The molecule has 2 rings (SSSR count). The van der Waals surface area contributed by atoms with Gasteiger partial charge in [-0.05, 0) is 31.9 Å². The summed E-state index contributed by atoms with van der Waals surface area (Å²) in [6.07, 6.45) is 4.24. The van der Waals surface area contributed by atoms with Crippen LogP contribution >= 0.6 is 0 Å². The zero-order valence-electron chi connectivity index (χ0n) is 11.8. The van der Waals surface area contributed by atoms with Crippen molar-refractivity contribution in [3.63, 3.8) is 0 Å². The molecule has 1 fully saturated rings. The quantitative estimate of drug-likeness (QED) is 0.774. The van der Waals surface area contributed by atoms with Crippen LogP contribution in [0.25, 0.3) is 0 Å². The summed E-state index contributed by atoms with van der Waals surface area (Å²) >= 11 is 0. The van der Waals surface area contributed by atoms with Crippen LogP contribution in [-0.4, -0.2) is 30.0 Å². The molecule has 1 amide bonds. The molecule has 0 atom stereocenters. The predicted molar refractivity (Wildman–Crippen MR) is 76.5 cm³/mol. The monoisotopic (exact) mass is 272 g/mol. The van der Waals surface area contributed by atoms with Crippen molar-refractivity contribution in [3.8, 4) is 11.8 Å². The topological polar surface area (TPSA) is 53.3 Å². The summed E-state index contributed by atoms with van der Waals surface area (Å²) < 4.78 is 5.52. The van der Waals surface area contributed by atoms with Crippen LogP contribution in [-0.2, 0) is 0 Å². The fraction of sp³-hybridized carbons (Fsp3) is 0.500. The first-order chi connectivity index (χ1) is 9.77. The molecule has 0 radical (unpaired) electrons. The molecule has 0 heterocycles. The van der Waals surface area contributed by atoms with Gasteiger partial charge in [-0.3, -0.25) is 4.79 Å². The molecule has 0 bridgehead atoms. The Labute approximate surface area is 120 Å². The first-order valence-corrected chi connectivity index (χ1v) is 7.17. The minimum atomic E-state index is -0.0949. The van der Waals surface area contributed by atoms with Gasteiger partial charge in [0.25, 0.3) is 5.91 Å². The first-order valence-electron chi connectivity index (χ1n) is 7.17.